The van der Waals surface area contributed by atoms with E-state index in [4.69, 9.17) is 4.98 Å². The van der Waals surface area contributed by atoms with Gasteiger partial charge in [0, 0.05) is 33.1 Å². The van der Waals surface area contributed by atoms with Crippen LogP contribution in [0.5, 0.6) is 0 Å². The minimum absolute atomic E-state index is 0.00794. The van der Waals surface area contributed by atoms with Gasteiger partial charge in [-0.05, 0) is 31.2 Å². The molecule has 26 heavy (non-hydrogen) atoms. The Kier molecular flexibility index (Phi) is 4.59. The lowest BCUT2D eigenvalue weighted by Crippen LogP contribution is -2.24. The van der Waals surface area contributed by atoms with E-state index >= 15 is 0 Å². The van der Waals surface area contributed by atoms with Crippen molar-refractivity contribution in [3.63, 3.8) is 0 Å². The van der Waals surface area contributed by atoms with Crippen LogP contribution in [0.25, 0.3) is 15.1 Å². The van der Waals surface area contributed by atoms with Crippen LogP contribution in [0.2, 0.25) is 0 Å². The molecular weight excluding hydrogens is 364 g/mol. The van der Waals surface area contributed by atoms with Crippen molar-refractivity contribution < 1.29 is 4.79 Å². The van der Waals surface area contributed by atoms with Crippen molar-refractivity contribution in [2.45, 2.75) is 70.6 Å². The molecule has 0 atom stereocenters. The van der Waals surface area contributed by atoms with Crippen LogP contribution in [-0.2, 0) is 24.2 Å². The summed E-state index contributed by atoms with van der Waals surface area (Å²) in [5.41, 5.74) is 2.10. The summed E-state index contributed by atoms with van der Waals surface area (Å²) in [6, 6.07) is 0. The van der Waals surface area contributed by atoms with Gasteiger partial charge in [0.05, 0.1) is 5.39 Å². The number of thiophene rings is 1. The standard InChI is InChI=1S/C20H24N2O2S2/c1-20(2,3)26-16-12(11-23)8-9-13-15-18(25-17(13)16)21-14-7-5-4-6-10-22(14)19(15)24/h11H,4-10H2,1-3H3. The summed E-state index contributed by atoms with van der Waals surface area (Å²) in [4.78, 5) is 32.8. The molecule has 6 heteroatoms. The van der Waals surface area contributed by atoms with Crippen molar-refractivity contribution in [3.05, 3.63) is 32.2 Å². The molecule has 1 aliphatic heterocycles. The number of aromatic nitrogens is 2. The predicted molar refractivity (Wildman–Crippen MR) is 110 cm³/mol. The van der Waals surface area contributed by atoms with Gasteiger partial charge in [0.15, 0.2) is 0 Å². The maximum atomic E-state index is 13.2. The maximum Gasteiger partial charge on any atom is 0.262 e. The molecule has 0 N–H and O–H groups in total. The topological polar surface area (TPSA) is 52.0 Å². The van der Waals surface area contributed by atoms with E-state index in [1.807, 2.05) is 4.57 Å². The summed E-state index contributed by atoms with van der Waals surface area (Å²) in [6.45, 7) is 7.25. The van der Waals surface area contributed by atoms with Gasteiger partial charge in [-0.25, -0.2) is 4.98 Å². The third kappa shape index (κ3) is 3.07. The SMILES string of the molecule is CC(C)(C)SC1=C(C=O)CCc2c1sc1nc3n(c(=O)c21)CCCCC3. The number of aryl methyl sites for hydroxylation is 2. The summed E-state index contributed by atoms with van der Waals surface area (Å²) in [6.07, 6.45) is 6.65. The van der Waals surface area contributed by atoms with Gasteiger partial charge in [0.2, 0.25) is 0 Å². The second-order valence-corrected chi connectivity index (χ2v) is 10.9. The van der Waals surface area contributed by atoms with E-state index in [1.165, 1.54) is 0 Å². The second kappa shape index (κ2) is 6.64. The van der Waals surface area contributed by atoms with Gasteiger partial charge in [-0.15, -0.1) is 23.1 Å². The lowest BCUT2D eigenvalue weighted by Gasteiger charge is -2.24. The van der Waals surface area contributed by atoms with E-state index in [2.05, 4.69) is 20.8 Å². The molecule has 0 fully saturated rings. The Bertz CT molecular complexity index is 976. The van der Waals surface area contributed by atoms with Crippen molar-refractivity contribution in [2.24, 2.45) is 0 Å². The van der Waals surface area contributed by atoms with Crippen molar-refractivity contribution in [1.29, 1.82) is 0 Å². The number of hydrogen-bond acceptors (Lipinski definition) is 5. The molecule has 4 rings (SSSR count). The zero-order valence-corrected chi connectivity index (χ0v) is 17.2. The Morgan fingerprint density at radius 2 is 1.96 bits per heavy atom. The van der Waals surface area contributed by atoms with Gasteiger partial charge in [-0.2, -0.15) is 0 Å². The van der Waals surface area contributed by atoms with E-state index in [9.17, 15) is 9.59 Å². The maximum absolute atomic E-state index is 13.2. The largest absolute Gasteiger partial charge is 0.298 e. The van der Waals surface area contributed by atoms with Gasteiger partial charge >= 0.3 is 0 Å². The Morgan fingerprint density at radius 1 is 1.15 bits per heavy atom. The first-order valence-corrected chi connectivity index (χ1v) is 10.9. The predicted octanol–water partition coefficient (Wildman–Crippen LogP) is 4.57. The molecular formula is C20H24N2O2S2. The summed E-state index contributed by atoms with van der Waals surface area (Å²) >= 11 is 3.33. The van der Waals surface area contributed by atoms with Crippen molar-refractivity contribution in [3.8, 4) is 0 Å². The third-order valence-corrected chi connectivity index (χ3v) is 7.52. The van der Waals surface area contributed by atoms with Crippen LogP contribution in [0.15, 0.2) is 10.4 Å². The van der Waals surface area contributed by atoms with E-state index in [1.54, 1.807) is 23.1 Å². The number of carbonyl (C=O) groups is 1. The molecule has 0 saturated heterocycles. The number of aldehydes is 1. The van der Waals surface area contributed by atoms with Crippen LogP contribution in [0.1, 0.15) is 62.7 Å². The quantitative estimate of drug-likeness (QED) is 0.707. The number of allylic oxidation sites excluding steroid dienone is 1. The molecule has 2 aliphatic rings. The Morgan fingerprint density at radius 3 is 2.69 bits per heavy atom. The fourth-order valence-electron chi connectivity index (χ4n) is 3.80. The molecule has 2 aromatic heterocycles. The van der Waals surface area contributed by atoms with E-state index < -0.39 is 0 Å². The Balaban J connectivity index is 1.95. The van der Waals surface area contributed by atoms with Crippen LogP contribution in [0.3, 0.4) is 0 Å². The van der Waals surface area contributed by atoms with Gasteiger partial charge in [-0.3, -0.25) is 14.2 Å². The minimum atomic E-state index is 0.00794. The zero-order chi connectivity index (χ0) is 18.5. The molecule has 0 saturated carbocycles. The number of thioether (sulfide) groups is 1. The molecule has 1 aliphatic carbocycles. The van der Waals surface area contributed by atoms with Crippen LogP contribution in [-0.4, -0.2) is 20.6 Å². The lowest BCUT2D eigenvalue weighted by atomic mass is 9.97. The molecule has 0 bridgehead atoms. The van der Waals surface area contributed by atoms with Crippen LogP contribution in [0.4, 0.5) is 0 Å². The monoisotopic (exact) mass is 388 g/mol. The summed E-state index contributed by atoms with van der Waals surface area (Å²) in [5, 5.41) is 0.799. The number of nitrogens with zero attached hydrogens (tertiary/aromatic N) is 2. The lowest BCUT2D eigenvalue weighted by molar-refractivity contribution is -0.105. The molecule has 0 radical (unpaired) electrons. The van der Waals surface area contributed by atoms with Crippen molar-refractivity contribution >= 4 is 44.5 Å². The molecule has 0 spiro atoms. The highest BCUT2D eigenvalue weighted by Crippen LogP contribution is 2.48. The fraction of sp³-hybridized carbons (Fsp3) is 0.550. The molecule has 0 unspecified atom stereocenters. The average molecular weight is 389 g/mol. The highest BCUT2D eigenvalue weighted by atomic mass is 32.2. The van der Waals surface area contributed by atoms with Crippen LogP contribution in [0, 0.1) is 0 Å². The zero-order valence-electron chi connectivity index (χ0n) is 15.6. The fourth-order valence-corrected chi connectivity index (χ4v) is 6.37. The smallest absolute Gasteiger partial charge is 0.262 e. The number of carbonyl (C=O) groups excluding carboxylic acids is 1. The number of rotatable bonds is 2. The van der Waals surface area contributed by atoms with Crippen molar-refractivity contribution in [2.75, 3.05) is 0 Å². The summed E-state index contributed by atoms with van der Waals surface area (Å²) in [7, 11) is 0. The first-order chi connectivity index (χ1) is 12.4. The molecule has 3 heterocycles. The summed E-state index contributed by atoms with van der Waals surface area (Å²) in [5.74, 6) is 0.934. The average Bonchev–Trinajstić information content (AvgIpc) is 2.78. The van der Waals surface area contributed by atoms with Gasteiger partial charge in [0.25, 0.3) is 5.56 Å². The highest BCUT2D eigenvalue weighted by Gasteiger charge is 2.29. The number of fused-ring (bicyclic) bond motifs is 4. The van der Waals surface area contributed by atoms with E-state index in [0.717, 1.165) is 81.9 Å². The second-order valence-electron chi connectivity index (χ2n) is 8.07. The highest BCUT2D eigenvalue weighted by molar-refractivity contribution is 8.09. The third-order valence-electron chi connectivity index (χ3n) is 4.96. The Labute approximate surface area is 161 Å². The van der Waals surface area contributed by atoms with Gasteiger partial charge in [-0.1, -0.05) is 27.2 Å². The minimum Gasteiger partial charge on any atom is -0.298 e. The molecule has 0 amide bonds. The number of hydrogen-bond donors (Lipinski definition) is 0. The van der Waals surface area contributed by atoms with Gasteiger partial charge < -0.3 is 0 Å². The van der Waals surface area contributed by atoms with Crippen LogP contribution < -0.4 is 5.56 Å². The van der Waals surface area contributed by atoms with Crippen LogP contribution >= 0.6 is 23.1 Å². The molecule has 4 nitrogen and oxygen atoms in total. The van der Waals surface area contributed by atoms with E-state index in [-0.39, 0.29) is 10.3 Å². The van der Waals surface area contributed by atoms with Gasteiger partial charge in [0.1, 0.15) is 16.9 Å². The molecule has 0 aromatic carbocycles. The first-order valence-electron chi connectivity index (χ1n) is 9.32. The van der Waals surface area contributed by atoms with Crippen molar-refractivity contribution in [1.82, 2.24) is 9.55 Å². The normalized spacial score (nSPS) is 17.8. The van der Waals surface area contributed by atoms with E-state index in [0.29, 0.717) is 6.42 Å². The summed E-state index contributed by atoms with van der Waals surface area (Å²) < 4.78 is 1.91. The molecule has 2 aromatic rings. The first kappa shape index (κ1) is 18.0. The Hall–Kier alpha value is -1.40. The molecule has 138 valence electrons.